The molecule has 0 spiro atoms. The third-order valence-corrected chi connectivity index (χ3v) is 3.22. The van der Waals surface area contributed by atoms with Crippen LogP contribution < -0.4 is 10.6 Å². The average Bonchev–Trinajstić information content (AvgIpc) is 2.38. The van der Waals surface area contributed by atoms with E-state index in [0.717, 1.165) is 30.5 Å². The number of pyridine rings is 1. The van der Waals surface area contributed by atoms with Crippen LogP contribution >= 0.6 is 0 Å². The van der Waals surface area contributed by atoms with E-state index < -0.39 is 0 Å². The Morgan fingerprint density at radius 3 is 3.18 bits per heavy atom. The van der Waals surface area contributed by atoms with E-state index in [1.807, 2.05) is 19.2 Å². The van der Waals surface area contributed by atoms with Gasteiger partial charge in [-0.2, -0.15) is 0 Å². The number of carbonyl (C=O) groups is 1. The van der Waals surface area contributed by atoms with Gasteiger partial charge in [0.2, 0.25) is 5.91 Å². The van der Waals surface area contributed by atoms with Gasteiger partial charge in [-0.25, -0.2) is 0 Å². The maximum absolute atomic E-state index is 11.9. The van der Waals surface area contributed by atoms with Crippen molar-refractivity contribution in [3.8, 4) is 0 Å². The van der Waals surface area contributed by atoms with Crippen molar-refractivity contribution in [1.29, 1.82) is 0 Å². The number of nitrogens with zero attached hydrogens (tertiary/aromatic N) is 1. The first-order valence-corrected chi connectivity index (χ1v) is 6.18. The highest BCUT2D eigenvalue weighted by molar-refractivity contribution is 5.81. The predicted octanol–water partition coefficient (Wildman–Crippen LogP) is 1.15. The Balaban J connectivity index is 1.85. The summed E-state index contributed by atoms with van der Waals surface area (Å²) in [6, 6.07) is 1.94. The number of rotatable bonds is 3. The highest BCUT2D eigenvalue weighted by atomic mass is 16.2. The van der Waals surface area contributed by atoms with Gasteiger partial charge in [-0.3, -0.25) is 9.78 Å². The number of amides is 1. The van der Waals surface area contributed by atoms with Crippen LogP contribution in [0.4, 0.5) is 0 Å². The van der Waals surface area contributed by atoms with Crippen molar-refractivity contribution >= 4 is 5.91 Å². The van der Waals surface area contributed by atoms with Gasteiger partial charge >= 0.3 is 0 Å². The van der Waals surface area contributed by atoms with Gasteiger partial charge in [-0.15, -0.1) is 0 Å². The first-order chi connectivity index (χ1) is 8.27. The van der Waals surface area contributed by atoms with Crippen molar-refractivity contribution in [2.24, 2.45) is 0 Å². The lowest BCUT2D eigenvalue weighted by Gasteiger charge is -2.22. The van der Waals surface area contributed by atoms with Gasteiger partial charge in [-0.05, 0) is 43.5 Å². The minimum absolute atomic E-state index is 0.00843. The Bertz CT molecular complexity index is 386. The summed E-state index contributed by atoms with van der Waals surface area (Å²) in [6.45, 7) is 3.55. The third-order valence-electron chi connectivity index (χ3n) is 3.22. The maximum atomic E-state index is 11.9. The summed E-state index contributed by atoms with van der Waals surface area (Å²) in [5, 5.41) is 6.23. The summed E-state index contributed by atoms with van der Waals surface area (Å²) in [5.41, 5.74) is 2.24. The lowest BCUT2D eigenvalue weighted by molar-refractivity contribution is -0.123. The Morgan fingerprint density at radius 1 is 1.59 bits per heavy atom. The van der Waals surface area contributed by atoms with E-state index in [0.29, 0.717) is 6.54 Å². The van der Waals surface area contributed by atoms with Gasteiger partial charge in [0.25, 0.3) is 0 Å². The molecule has 1 unspecified atom stereocenters. The number of carbonyl (C=O) groups excluding carboxylic acids is 1. The zero-order valence-electron chi connectivity index (χ0n) is 10.2. The van der Waals surface area contributed by atoms with Gasteiger partial charge in [0.15, 0.2) is 0 Å². The molecule has 0 aromatic carbocycles. The van der Waals surface area contributed by atoms with E-state index in [2.05, 4.69) is 15.6 Å². The molecule has 1 aliphatic rings. The molecule has 1 aliphatic heterocycles. The highest BCUT2D eigenvalue weighted by Gasteiger charge is 2.19. The molecule has 2 rings (SSSR count). The summed E-state index contributed by atoms with van der Waals surface area (Å²) >= 11 is 0. The van der Waals surface area contributed by atoms with Gasteiger partial charge < -0.3 is 10.6 Å². The number of aryl methyl sites for hydroxylation is 1. The Labute approximate surface area is 102 Å². The lowest BCUT2D eigenvalue weighted by atomic mass is 10.0. The summed E-state index contributed by atoms with van der Waals surface area (Å²) < 4.78 is 0. The second-order valence-electron chi connectivity index (χ2n) is 4.52. The fourth-order valence-electron chi connectivity index (χ4n) is 2.08. The molecule has 0 radical (unpaired) electrons. The van der Waals surface area contributed by atoms with Crippen LogP contribution in [0.2, 0.25) is 0 Å². The van der Waals surface area contributed by atoms with Crippen LogP contribution in [0.1, 0.15) is 30.4 Å². The largest absolute Gasteiger partial charge is 0.351 e. The molecule has 1 atom stereocenters. The van der Waals surface area contributed by atoms with Gasteiger partial charge in [0.1, 0.15) is 0 Å². The molecule has 92 valence electrons. The topological polar surface area (TPSA) is 54.0 Å². The molecular weight excluding hydrogens is 214 g/mol. The zero-order valence-corrected chi connectivity index (χ0v) is 10.2. The first kappa shape index (κ1) is 12.0. The predicted molar refractivity (Wildman–Crippen MR) is 66.5 cm³/mol. The highest BCUT2D eigenvalue weighted by Crippen LogP contribution is 2.08. The lowest BCUT2D eigenvalue weighted by Crippen LogP contribution is -2.46. The maximum Gasteiger partial charge on any atom is 0.237 e. The van der Waals surface area contributed by atoms with Crippen LogP contribution in [-0.2, 0) is 11.3 Å². The van der Waals surface area contributed by atoms with Gasteiger partial charge in [-0.1, -0.05) is 6.42 Å². The standard InChI is InChI=1S/C13H19N3O/c1-10-8-14-7-5-11(10)9-16-13(17)12-4-2-3-6-15-12/h5,7-8,12,15H,2-4,6,9H2,1H3,(H,16,17). The molecule has 1 aromatic heterocycles. The fraction of sp³-hybridized carbons (Fsp3) is 0.538. The summed E-state index contributed by atoms with van der Waals surface area (Å²) in [6.07, 6.45) is 6.83. The fourth-order valence-corrected chi connectivity index (χ4v) is 2.08. The quantitative estimate of drug-likeness (QED) is 0.823. The molecule has 0 bridgehead atoms. The minimum Gasteiger partial charge on any atom is -0.351 e. The van der Waals surface area contributed by atoms with Crippen LogP contribution in [0.15, 0.2) is 18.5 Å². The average molecular weight is 233 g/mol. The molecule has 2 N–H and O–H groups in total. The van der Waals surface area contributed by atoms with E-state index >= 15 is 0 Å². The number of piperidine rings is 1. The summed E-state index contributed by atoms with van der Waals surface area (Å²) in [5.74, 6) is 0.112. The van der Waals surface area contributed by atoms with Crippen LogP contribution in [0.25, 0.3) is 0 Å². The second-order valence-corrected chi connectivity index (χ2v) is 4.52. The Hall–Kier alpha value is -1.42. The first-order valence-electron chi connectivity index (χ1n) is 6.18. The monoisotopic (exact) mass is 233 g/mol. The zero-order chi connectivity index (χ0) is 12.1. The molecule has 4 nitrogen and oxygen atoms in total. The smallest absolute Gasteiger partial charge is 0.237 e. The third kappa shape index (κ3) is 3.27. The minimum atomic E-state index is -0.00843. The molecule has 1 saturated heterocycles. The molecule has 1 aromatic rings. The van der Waals surface area contributed by atoms with Gasteiger partial charge in [0, 0.05) is 18.9 Å². The van der Waals surface area contributed by atoms with E-state index in [1.54, 1.807) is 6.20 Å². The summed E-state index contributed by atoms with van der Waals surface area (Å²) in [4.78, 5) is 15.9. The Morgan fingerprint density at radius 2 is 2.47 bits per heavy atom. The van der Waals surface area contributed by atoms with Crippen molar-refractivity contribution < 1.29 is 4.79 Å². The molecule has 0 aliphatic carbocycles. The SMILES string of the molecule is Cc1cnccc1CNC(=O)C1CCCCN1. The van der Waals surface area contributed by atoms with Crippen LogP contribution in [-0.4, -0.2) is 23.5 Å². The summed E-state index contributed by atoms with van der Waals surface area (Å²) in [7, 11) is 0. The van der Waals surface area contributed by atoms with Crippen LogP contribution in [0.5, 0.6) is 0 Å². The Kier molecular flexibility index (Phi) is 4.09. The molecule has 17 heavy (non-hydrogen) atoms. The van der Waals surface area contributed by atoms with E-state index in [-0.39, 0.29) is 11.9 Å². The van der Waals surface area contributed by atoms with E-state index in [9.17, 15) is 4.79 Å². The molecule has 0 saturated carbocycles. The van der Waals surface area contributed by atoms with Crippen LogP contribution in [0, 0.1) is 6.92 Å². The number of aromatic nitrogens is 1. The molecule has 1 fully saturated rings. The van der Waals surface area contributed by atoms with Crippen molar-refractivity contribution in [3.63, 3.8) is 0 Å². The molecule has 4 heteroatoms. The van der Waals surface area contributed by atoms with Crippen molar-refractivity contribution in [3.05, 3.63) is 29.6 Å². The molecule has 2 heterocycles. The molecule has 1 amide bonds. The second kappa shape index (κ2) is 5.77. The van der Waals surface area contributed by atoms with Crippen molar-refractivity contribution in [2.45, 2.75) is 38.8 Å². The number of hydrogen-bond acceptors (Lipinski definition) is 3. The van der Waals surface area contributed by atoms with E-state index in [1.165, 1.54) is 6.42 Å². The van der Waals surface area contributed by atoms with Crippen molar-refractivity contribution in [2.75, 3.05) is 6.54 Å². The van der Waals surface area contributed by atoms with Crippen molar-refractivity contribution in [1.82, 2.24) is 15.6 Å². The van der Waals surface area contributed by atoms with Crippen LogP contribution in [0.3, 0.4) is 0 Å². The number of nitrogens with one attached hydrogen (secondary N) is 2. The molecular formula is C13H19N3O. The van der Waals surface area contributed by atoms with E-state index in [4.69, 9.17) is 0 Å². The van der Waals surface area contributed by atoms with Gasteiger partial charge in [0.05, 0.1) is 6.04 Å². The number of hydrogen-bond donors (Lipinski definition) is 2. The normalized spacial score (nSPS) is 19.9.